The number of carbonyl (C=O) groups excluding carboxylic acids is 2. The van der Waals surface area contributed by atoms with Crippen LogP contribution in [0.5, 0.6) is 0 Å². The third kappa shape index (κ3) is 4.31. The first-order valence-corrected chi connectivity index (χ1v) is 6.45. The third-order valence-corrected chi connectivity index (χ3v) is 2.69. The van der Waals surface area contributed by atoms with Gasteiger partial charge in [-0.25, -0.2) is 0 Å². The Labute approximate surface area is 109 Å². The lowest BCUT2D eigenvalue weighted by molar-refractivity contribution is -0.179. The summed E-state index contributed by atoms with van der Waals surface area (Å²) in [5.41, 5.74) is -1.02. The second-order valence-electron chi connectivity index (χ2n) is 6.86. The van der Waals surface area contributed by atoms with Gasteiger partial charge in [0.15, 0.2) is 0 Å². The van der Waals surface area contributed by atoms with Gasteiger partial charge in [0, 0.05) is 0 Å². The molecule has 104 valence electrons. The highest BCUT2D eigenvalue weighted by atomic mass is 16.6. The van der Waals surface area contributed by atoms with E-state index in [4.69, 9.17) is 9.47 Å². The Bertz CT molecular complexity index is 299. The van der Waals surface area contributed by atoms with Gasteiger partial charge < -0.3 is 9.47 Å². The molecule has 0 heterocycles. The molecule has 0 aromatic rings. The largest absolute Gasteiger partial charge is 0.460 e. The Hall–Kier alpha value is -1.06. The van der Waals surface area contributed by atoms with Crippen LogP contribution >= 0.6 is 0 Å². The minimum atomic E-state index is -0.509. The molecule has 0 bridgehead atoms. The summed E-state index contributed by atoms with van der Waals surface area (Å²) in [6, 6.07) is 0. The highest BCUT2D eigenvalue weighted by molar-refractivity contribution is 5.84. The highest BCUT2D eigenvalue weighted by Crippen LogP contribution is 2.37. The van der Waals surface area contributed by atoms with Crippen molar-refractivity contribution >= 4 is 11.9 Å². The second kappa shape index (κ2) is 4.90. The smallest absolute Gasteiger partial charge is 0.310 e. The second-order valence-corrected chi connectivity index (χ2v) is 6.86. The number of esters is 2. The molecule has 4 heteroatoms. The maximum absolute atomic E-state index is 11.9. The molecule has 0 aromatic heterocycles. The molecule has 1 rings (SSSR count). The number of hydrogen-bond acceptors (Lipinski definition) is 4. The summed E-state index contributed by atoms with van der Waals surface area (Å²) in [5, 5.41) is 0. The summed E-state index contributed by atoms with van der Waals surface area (Å²) in [7, 11) is 0. The van der Waals surface area contributed by atoms with Crippen molar-refractivity contribution in [3.63, 3.8) is 0 Å². The molecule has 1 fully saturated rings. The van der Waals surface area contributed by atoms with Crippen molar-refractivity contribution < 1.29 is 19.1 Å². The Morgan fingerprint density at radius 3 is 1.22 bits per heavy atom. The average Bonchev–Trinajstić information content (AvgIpc) is 1.91. The number of ether oxygens (including phenoxy) is 2. The first-order valence-electron chi connectivity index (χ1n) is 6.45. The van der Waals surface area contributed by atoms with Crippen molar-refractivity contribution in [1.82, 2.24) is 0 Å². The van der Waals surface area contributed by atoms with Crippen LogP contribution in [0.25, 0.3) is 0 Å². The Kier molecular flexibility index (Phi) is 4.08. The van der Waals surface area contributed by atoms with Crippen molar-refractivity contribution in [1.29, 1.82) is 0 Å². The van der Waals surface area contributed by atoms with Crippen LogP contribution in [0.3, 0.4) is 0 Å². The van der Waals surface area contributed by atoms with Crippen LogP contribution in [0.15, 0.2) is 0 Å². The molecule has 0 N–H and O–H groups in total. The molecule has 1 saturated carbocycles. The lowest BCUT2D eigenvalue weighted by atomic mass is 9.73. The van der Waals surface area contributed by atoms with E-state index in [9.17, 15) is 9.59 Å². The average molecular weight is 256 g/mol. The van der Waals surface area contributed by atoms with Crippen LogP contribution in [0.2, 0.25) is 0 Å². The van der Waals surface area contributed by atoms with Gasteiger partial charge in [-0.2, -0.15) is 0 Å². The first-order chi connectivity index (χ1) is 7.99. The molecule has 0 amide bonds. The molecule has 2 atom stereocenters. The zero-order chi connectivity index (χ0) is 14.1. The quantitative estimate of drug-likeness (QED) is 0.713. The number of carbonyl (C=O) groups is 2. The zero-order valence-corrected chi connectivity index (χ0v) is 12.2. The monoisotopic (exact) mass is 256 g/mol. The van der Waals surface area contributed by atoms with Gasteiger partial charge in [-0.1, -0.05) is 0 Å². The molecular weight excluding hydrogens is 232 g/mol. The Balaban J connectivity index is 2.56. The fourth-order valence-electron chi connectivity index (χ4n) is 1.82. The minimum Gasteiger partial charge on any atom is -0.460 e. The summed E-state index contributed by atoms with van der Waals surface area (Å²) >= 11 is 0. The fourth-order valence-corrected chi connectivity index (χ4v) is 1.82. The van der Waals surface area contributed by atoms with Gasteiger partial charge in [0.25, 0.3) is 0 Å². The molecule has 18 heavy (non-hydrogen) atoms. The van der Waals surface area contributed by atoms with Gasteiger partial charge in [-0.15, -0.1) is 0 Å². The van der Waals surface area contributed by atoms with Gasteiger partial charge in [0.05, 0.1) is 11.8 Å². The van der Waals surface area contributed by atoms with Crippen LogP contribution in [0.1, 0.15) is 54.4 Å². The predicted molar refractivity (Wildman–Crippen MR) is 67.9 cm³/mol. The zero-order valence-electron chi connectivity index (χ0n) is 12.2. The summed E-state index contributed by atoms with van der Waals surface area (Å²) in [6.07, 6.45) is 1.41. The van der Waals surface area contributed by atoms with Crippen molar-refractivity contribution in [2.75, 3.05) is 0 Å². The highest BCUT2D eigenvalue weighted by Gasteiger charge is 2.45. The maximum Gasteiger partial charge on any atom is 0.310 e. The minimum absolute atomic E-state index is 0.287. The molecule has 0 radical (unpaired) electrons. The topological polar surface area (TPSA) is 52.6 Å². The van der Waals surface area contributed by atoms with Crippen LogP contribution in [0, 0.1) is 11.8 Å². The van der Waals surface area contributed by atoms with Crippen molar-refractivity contribution in [3.8, 4) is 0 Å². The lowest BCUT2D eigenvalue weighted by Crippen LogP contribution is -2.44. The molecule has 0 saturated heterocycles. The van der Waals surface area contributed by atoms with E-state index in [-0.39, 0.29) is 23.8 Å². The molecular formula is C14H24O4. The summed E-state index contributed by atoms with van der Waals surface area (Å²) < 4.78 is 10.6. The van der Waals surface area contributed by atoms with E-state index in [0.29, 0.717) is 12.8 Å². The van der Waals surface area contributed by atoms with E-state index in [0.717, 1.165) is 0 Å². The van der Waals surface area contributed by atoms with Gasteiger partial charge in [0.2, 0.25) is 0 Å². The normalized spacial score (nSPS) is 24.1. The first kappa shape index (κ1) is 15.0. The van der Waals surface area contributed by atoms with Crippen molar-refractivity contribution in [2.45, 2.75) is 65.6 Å². The van der Waals surface area contributed by atoms with E-state index in [2.05, 4.69) is 0 Å². The maximum atomic E-state index is 11.9. The summed E-state index contributed by atoms with van der Waals surface area (Å²) in [5.74, 6) is -1.24. The van der Waals surface area contributed by atoms with E-state index >= 15 is 0 Å². The van der Waals surface area contributed by atoms with E-state index in [1.54, 1.807) is 0 Å². The van der Waals surface area contributed by atoms with E-state index < -0.39 is 11.2 Å². The Morgan fingerprint density at radius 2 is 1.06 bits per heavy atom. The van der Waals surface area contributed by atoms with Gasteiger partial charge in [-0.3, -0.25) is 9.59 Å². The molecule has 0 aliphatic heterocycles. The summed E-state index contributed by atoms with van der Waals surface area (Å²) in [6.45, 7) is 11.0. The van der Waals surface area contributed by atoms with Crippen molar-refractivity contribution in [2.24, 2.45) is 11.8 Å². The standard InChI is InChI=1S/C14H24O4/c1-13(2,3)17-11(15)9-7-8-10(9)12(16)18-14(4,5)6/h9-10H,7-8H2,1-6H3/t9-,10+. The van der Waals surface area contributed by atoms with Crippen molar-refractivity contribution in [3.05, 3.63) is 0 Å². The SMILES string of the molecule is CC(C)(C)OC(=O)[C@H]1CC[C@H]1C(=O)OC(C)(C)C. The van der Waals surface area contributed by atoms with Gasteiger partial charge in [0.1, 0.15) is 11.2 Å². The lowest BCUT2D eigenvalue weighted by Gasteiger charge is -2.36. The van der Waals surface area contributed by atoms with Crippen LogP contribution in [-0.2, 0) is 19.1 Å². The van der Waals surface area contributed by atoms with E-state index in [1.807, 2.05) is 41.5 Å². The predicted octanol–water partition coefficient (Wildman–Crippen LogP) is 2.70. The Morgan fingerprint density at radius 1 is 0.778 bits per heavy atom. The van der Waals surface area contributed by atoms with Gasteiger partial charge >= 0.3 is 11.9 Å². The molecule has 1 aliphatic rings. The molecule has 4 nitrogen and oxygen atoms in total. The summed E-state index contributed by atoms with van der Waals surface area (Å²) in [4.78, 5) is 23.8. The molecule has 0 aromatic carbocycles. The van der Waals surface area contributed by atoms with Crippen LogP contribution < -0.4 is 0 Å². The fraction of sp³-hybridized carbons (Fsp3) is 0.857. The van der Waals surface area contributed by atoms with Crippen LogP contribution in [-0.4, -0.2) is 23.1 Å². The van der Waals surface area contributed by atoms with Crippen LogP contribution in [0.4, 0.5) is 0 Å². The third-order valence-electron chi connectivity index (χ3n) is 2.69. The molecule has 1 aliphatic carbocycles. The molecule has 0 spiro atoms. The number of rotatable bonds is 2. The van der Waals surface area contributed by atoms with Gasteiger partial charge in [-0.05, 0) is 54.4 Å². The van der Waals surface area contributed by atoms with E-state index in [1.165, 1.54) is 0 Å². The molecule has 0 unspecified atom stereocenters. The number of hydrogen-bond donors (Lipinski definition) is 0.